The van der Waals surface area contributed by atoms with Crippen molar-refractivity contribution in [2.24, 2.45) is 5.92 Å². The van der Waals surface area contributed by atoms with Gasteiger partial charge < -0.3 is 5.32 Å². The third-order valence-corrected chi connectivity index (χ3v) is 3.82. The second kappa shape index (κ2) is 6.83. The molecule has 1 aliphatic rings. The summed E-state index contributed by atoms with van der Waals surface area (Å²) in [5.41, 5.74) is 1.01. The molecule has 0 aromatic carbocycles. The number of hydrogen-bond donors (Lipinski definition) is 1. The molecule has 1 N–H and O–H groups in total. The molecule has 0 saturated heterocycles. The Morgan fingerprint density at radius 2 is 2.11 bits per heavy atom. The van der Waals surface area contributed by atoms with E-state index >= 15 is 0 Å². The molecule has 1 aliphatic carbocycles. The van der Waals surface area contributed by atoms with Crippen LogP contribution in [-0.2, 0) is 0 Å². The smallest absolute Gasteiger partial charge is 0.141 e. The second-order valence-electron chi connectivity index (χ2n) is 5.27. The van der Waals surface area contributed by atoms with Crippen molar-refractivity contribution in [3.8, 4) is 0 Å². The van der Waals surface area contributed by atoms with Gasteiger partial charge in [0.1, 0.15) is 5.82 Å². The van der Waals surface area contributed by atoms with E-state index < -0.39 is 0 Å². The summed E-state index contributed by atoms with van der Waals surface area (Å²) in [6, 6.07) is 1.91. The highest BCUT2D eigenvalue weighted by molar-refractivity contribution is 5.16. The van der Waals surface area contributed by atoms with Crippen LogP contribution >= 0.6 is 0 Å². The maximum atomic E-state index is 13.3. The van der Waals surface area contributed by atoms with E-state index in [1.54, 1.807) is 6.07 Å². The Morgan fingerprint density at radius 3 is 2.78 bits per heavy atom. The van der Waals surface area contributed by atoms with Gasteiger partial charge in [0, 0.05) is 12.2 Å². The first-order valence-corrected chi connectivity index (χ1v) is 7.15. The zero-order valence-electron chi connectivity index (χ0n) is 11.2. The van der Waals surface area contributed by atoms with Gasteiger partial charge in [-0.3, -0.25) is 4.98 Å². The Morgan fingerprint density at radius 1 is 1.33 bits per heavy atom. The SMILES string of the molecule is CCCNC(c1cncc(F)c1)C1CCCCC1. The molecule has 1 unspecified atom stereocenters. The van der Waals surface area contributed by atoms with E-state index in [4.69, 9.17) is 0 Å². The van der Waals surface area contributed by atoms with Crippen LogP contribution in [0.2, 0.25) is 0 Å². The average Bonchev–Trinajstić information content (AvgIpc) is 2.40. The van der Waals surface area contributed by atoms with E-state index in [2.05, 4.69) is 17.2 Å². The molecule has 0 spiro atoms. The molecule has 0 radical (unpaired) electrons. The minimum absolute atomic E-state index is 0.230. The lowest BCUT2D eigenvalue weighted by atomic mass is 9.81. The average molecular weight is 250 g/mol. The van der Waals surface area contributed by atoms with Crippen molar-refractivity contribution in [2.75, 3.05) is 6.54 Å². The summed E-state index contributed by atoms with van der Waals surface area (Å²) in [6.07, 6.45) is 10.6. The minimum atomic E-state index is -0.230. The number of rotatable bonds is 5. The van der Waals surface area contributed by atoms with E-state index in [1.807, 2.05) is 6.20 Å². The first-order chi connectivity index (χ1) is 8.81. The van der Waals surface area contributed by atoms with Gasteiger partial charge in [0.15, 0.2) is 0 Å². The third kappa shape index (κ3) is 3.52. The van der Waals surface area contributed by atoms with Gasteiger partial charge in [-0.25, -0.2) is 4.39 Å². The Balaban J connectivity index is 2.12. The van der Waals surface area contributed by atoms with Crippen LogP contribution in [0.25, 0.3) is 0 Å². The lowest BCUT2D eigenvalue weighted by molar-refractivity contribution is 0.271. The van der Waals surface area contributed by atoms with Gasteiger partial charge in [0.25, 0.3) is 0 Å². The van der Waals surface area contributed by atoms with Crippen LogP contribution in [0.5, 0.6) is 0 Å². The molecule has 0 bridgehead atoms. The van der Waals surface area contributed by atoms with Crippen LogP contribution in [-0.4, -0.2) is 11.5 Å². The molecular formula is C15H23FN2. The molecule has 1 aromatic heterocycles. The lowest BCUT2D eigenvalue weighted by Gasteiger charge is -2.31. The fourth-order valence-corrected chi connectivity index (χ4v) is 2.92. The summed E-state index contributed by atoms with van der Waals surface area (Å²) in [7, 11) is 0. The molecule has 1 saturated carbocycles. The largest absolute Gasteiger partial charge is 0.310 e. The Kier molecular flexibility index (Phi) is 5.12. The molecule has 0 aliphatic heterocycles. The minimum Gasteiger partial charge on any atom is -0.310 e. The van der Waals surface area contributed by atoms with Crippen molar-refractivity contribution in [2.45, 2.75) is 51.5 Å². The topological polar surface area (TPSA) is 24.9 Å². The molecule has 2 rings (SSSR count). The number of pyridine rings is 1. The molecule has 1 fully saturated rings. The number of halogens is 1. The van der Waals surface area contributed by atoms with Crippen LogP contribution in [0.1, 0.15) is 57.1 Å². The maximum absolute atomic E-state index is 13.3. The van der Waals surface area contributed by atoms with Gasteiger partial charge in [0.05, 0.1) is 6.20 Å². The fourth-order valence-electron chi connectivity index (χ4n) is 2.92. The van der Waals surface area contributed by atoms with Gasteiger partial charge in [-0.05, 0) is 43.4 Å². The van der Waals surface area contributed by atoms with Crippen molar-refractivity contribution >= 4 is 0 Å². The van der Waals surface area contributed by atoms with Gasteiger partial charge >= 0.3 is 0 Å². The molecule has 100 valence electrons. The lowest BCUT2D eigenvalue weighted by Crippen LogP contribution is -2.30. The first kappa shape index (κ1) is 13.5. The van der Waals surface area contributed by atoms with Crippen LogP contribution in [0.3, 0.4) is 0 Å². The summed E-state index contributed by atoms with van der Waals surface area (Å²) >= 11 is 0. The van der Waals surface area contributed by atoms with Crippen molar-refractivity contribution in [1.82, 2.24) is 10.3 Å². The molecule has 2 nitrogen and oxygen atoms in total. The summed E-state index contributed by atoms with van der Waals surface area (Å²) in [4.78, 5) is 3.99. The van der Waals surface area contributed by atoms with E-state index in [9.17, 15) is 4.39 Å². The Bertz CT molecular complexity index is 361. The van der Waals surface area contributed by atoms with Crippen molar-refractivity contribution < 1.29 is 4.39 Å². The Labute approximate surface area is 109 Å². The summed E-state index contributed by atoms with van der Waals surface area (Å²) in [6.45, 7) is 3.15. The first-order valence-electron chi connectivity index (χ1n) is 7.15. The molecule has 3 heteroatoms. The summed E-state index contributed by atoms with van der Waals surface area (Å²) in [5, 5.41) is 3.58. The highest BCUT2D eigenvalue weighted by Gasteiger charge is 2.24. The number of nitrogens with one attached hydrogen (secondary N) is 1. The molecule has 0 amide bonds. The predicted octanol–water partition coefficient (Wildman–Crippen LogP) is 3.84. The van der Waals surface area contributed by atoms with Gasteiger partial charge in [-0.1, -0.05) is 26.2 Å². The van der Waals surface area contributed by atoms with E-state index in [-0.39, 0.29) is 11.9 Å². The zero-order valence-corrected chi connectivity index (χ0v) is 11.2. The second-order valence-corrected chi connectivity index (χ2v) is 5.27. The number of aromatic nitrogens is 1. The van der Waals surface area contributed by atoms with Crippen molar-refractivity contribution in [1.29, 1.82) is 0 Å². The third-order valence-electron chi connectivity index (χ3n) is 3.82. The van der Waals surface area contributed by atoms with Gasteiger partial charge in [0.2, 0.25) is 0 Å². The monoisotopic (exact) mass is 250 g/mol. The normalized spacial score (nSPS) is 18.8. The molecule has 18 heavy (non-hydrogen) atoms. The Hall–Kier alpha value is -0.960. The number of hydrogen-bond acceptors (Lipinski definition) is 2. The van der Waals surface area contributed by atoms with E-state index in [0.29, 0.717) is 5.92 Å². The maximum Gasteiger partial charge on any atom is 0.141 e. The molecule has 1 heterocycles. The highest BCUT2D eigenvalue weighted by atomic mass is 19.1. The standard InChI is InChI=1S/C15H23FN2/c1-2-8-18-15(12-6-4-3-5-7-12)13-9-14(16)11-17-10-13/h9-12,15,18H,2-8H2,1H3. The fraction of sp³-hybridized carbons (Fsp3) is 0.667. The van der Waals surface area contributed by atoms with Crippen LogP contribution in [0.15, 0.2) is 18.5 Å². The highest BCUT2D eigenvalue weighted by Crippen LogP contribution is 2.34. The zero-order chi connectivity index (χ0) is 12.8. The van der Waals surface area contributed by atoms with Crippen molar-refractivity contribution in [3.63, 3.8) is 0 Å². The molecular weight excluding hydrogens is 227 g/mol. The predicted molar refractivity (Wildman–Crippen MR) is 71.8 cm³/mol. The quantitative estimate of drug-likeness (QED) is 0.858. The van der Waals surface area contributed by atoms with Crippen molar-refractivity contribution in [3.05, 3.63) is 29.8 Å². The van der Waals surface area contributed by atoms with Crippen LogP contribution in [0, 0.1) is 11.7 Å². The molecule has 1 aromatic rings. The van der Waals surface area contributed by atoms with Gasteiger partial charge in [-0.2, -0.15) is 0 Å². The van der Waals surface area contributed by atoms with E-state index in [0.717, 1.165) is 18.5 Å². The van der Waals surface area contributed by atoms with Crippen LogP contribution < -0.4 is 5.32 Å². The molecule has 1 atom stereocenters. The van der Waals surface area contributed by atoms with Crippen LogP contribution in [0.4, 0.5) is 4.39 Å². The summed E-state index contributed by atoms with van der Waals surface area (Å²) < 4.78 is 13.3. The number of nitrogens with zero attached hydrogens (tertiary/aromatic N) is 1. The van der Waals surface area contributed by atoms with E-state index in [1.165, 1.54) is 38.3 Å². The van der Waals surface area contributed by atoms with Gasteiger partial charge in [-0.15, -0.1) is 0 Å². The summed E-state index contributed by atoms with van der Waals surface area (Å²) in [5.74, 6) is 0.403.